The molecule has 0 saturated carbocycles. The first-order valence-corrected chi connectivity index (χ1v) is 21.8. The lowest BCUT2D eigenvalue weighted by molar-refractivity contribution is 0.668. The third-order valence-corrected chi connectivity index (χ3v) is 13.0. The average Bonchev–Trinajstić information content (AvgIpc) is 4.04. The van der Waals surface area contributed by atoms with Crippen molar-refractivity contribution in [2.45, 2.75) is 0 Å². The molecule has 0 atom stereocenters. The summed E-state index contributed by atoms with van der Waals surface area (Å²) < 4.78 is 15.5. The molecule has 0 aliphatic heterocycles. The monoisotopic (exact) mass is 830 g/mol. The minimum absolute atomic E-state index is 0.522. The smallest absolute Gasteiger partial charge is 0.166 e. The Labute approximate surface area is 371 Å². The summed E-state index contributed by atoms with van der Waals surface area (Å²) in [5, 5.41) is 11.0. The van der Waals surface area contributed by atoms with E-state index in [0.717, 1.165) is 105 Å². The van der Waals surface area contributed by atoms with Crippen molar-refractivity contribution < 1.29 is 8.83 Å². The number of furan rings is 2. The highest BCUT2D eigenvalue weighted by Gasteiger charge is 2.25. The van der Waals surface area contributed by atoms with E-state index in [0.29, 0.717) is 17.5 Å². The van der Waals surface area contributed by atoms with Crippen molar-refractivity contribution in [3.8, 4) is 51.0 Å². The molecule has 0 unspecified atom stereocenters. The van der Waals surface area contributed by atoms with Crippen molar-refractivity contribution in [2.24, 2.45) is 0 Å². The lowest BCUT2D eigenvalue weighted by atomic mass is 10.0. The van der Waals surface area contributed by atoms with Crippen LogP contribution in [0.1, 0.15) is 0 Å². The van der Waals surface area contributed by atoms with Crippen molar-refractivity contribution in [3.63, 3.8) is 0 Å². The van der Waals surface area contributed by atoms with Gasteiger partial charge in [0.2, 0.25) is 0 Å². The van der Waals surface area contributed by atoms with Gasteiger partial charge in [-0.25, -0.2) is 15.0 Å². The highest BCUT2D eigenvalue weighted by Crippen LogP contribution is 2.44. The number of fused-ring (bicyclic) bond motifs is 12. The van der Waals surface area contributed by atoms with Gasteiger partial charge in [0.15, 0.2) is 17.5 Å². The second-order valence-corrected chi connectivity index (χ2v) is 16.7. The van der Waals surface area contributed by atoms with Gasteiger partial charge in [0, 0.05) is 54.4 Å². The van der Waals surface area contributed by atoms with Crippen LogP contribution in [-0.2, 0) is 0 Å². The number of hydrogen-bond acceptors (Lipinski definition) is 5. The molecule has 0 N–H and O–H groups in total. The maximum atomic E-state index is 6.69. The molecule has 302 valence electrons. The van der Waals surface area contributed by atoms with Gasteiger partial charge < -0.3 is 13.4 Å². The predicted octanol–water partition coefficient (Wildman–Crippen LogP) is 15.7. The van der Waals surface area contributed by atoms with Crippen LogP contribution in [0.4, 0.5) is 0 Å². The number of hydrogen-bond donors (Lipinski definition) is 0. The summed E-state index contributed by atoms with van der Waals surface area (Å²) in [7, 11) is 0. The minimum atomic E-state index is 0.522. The quantitative estimate of drug-likeness (QED) is 0.173. The topological polar surface area (TPSA) is 69.9 Å². The third kappa shape index (κ3) is 5.51. The first-order chi connectivity index (χ1) is 32.2. The van der Waals surface area contributed by atoms with Crippen LogP contribution < -0.4 is 0 Å². The Morgan fingerprint density at radius 1 is 0.323 bits per heavy atom. The van der Waals surface area contributed by atoms with Crippen molar-refractivity contribution in [2.75, 3.05) is 0 Å². The van der Waals surface area contributed by atoms with Gasteiger partial charge in [-0.1, -0.05) is 158 Å². The lowest BCUT2D eigenvalue weighted by Gasteiger charge is -2.16. The maximum Gasteiger partial charge on any atom is 0.166 e. The zero-order valence-electron chi connectivity index (χ0n) is 34.7. The van der Waals surface area contributed by atoms with E-state index in [4.69, 9.17) is 23.8 Å². The molecule has 14 rings (SSSR count). The molecule has 0 amide bonds. The lowest BCUT2D eigenvalue weighted by Crippen LogP contribution is -2.04. The zero-order valence-corrected chi connectivity index (χ0v) is 34.7. The first-order valence-electron chi connectivity index (χ1n) is 21.8. The molecular weight excluding hydrogens is 797 g/mol. The molecule has 6 nitrogen and oxygen atoms in total. The Hall–Kier alpha value is -8.87. The van der Waals surface area contributed by atoms with Crippen LogP contribution in [0.25, 0.3) is 138 Å². The van der Waals surface area contributed by atoms with Crippen molar-refractivity contribution in [1.29, 1.82) is 0 Å². The van der Waals surface area contributed by atoms with Crippen LogP contribution in [0.2, 0.25) is 0 Å². The van der Waals surface area contributed by atoms with Crippen molar-refractivity contribution in [1.82, 2.24) is 19.5 Å². The molecule has 0 radical (unpaired) electrons. The molecular formula is C59H34N4O2. The molecule has 6 heteroatoms. The largest absolute Gasteiger partial charge is 0.456 e. The Kier molecular flexibility index (Phi) is 7.59. The molecule has 10 aromatic carbocycles. The number of para-hydroxylation sites is 2. The highest BCUT2D eigenvalue weighted by molar-refractivity contribution is 6.21. The van der Waals surface area contributed by atoms with Crippen LogP contribution >= 0.6 is 0 Å². The van der Waals surface area contributed by atoms with Gasteiger partial charge in [0.25, 0.3) is 0 Å². The van der Waals surface area contributed by atoms with E-state index in [1.165, 1.54) is 16.2 Å². The fourth-order valence-corrected chi connectivity index (χ4v) is 10.0. The molecule has 0 aliphatic rings. The average molecular weight is 831 g/mol. The summed E-state index contributed by atoms with van der Waals surface area (Å²) in [5.74, 6) is 1.62. The van der Waals surface area contributed by atoms with E-state index in [-0.39, 0.29) is 0 Å². The van der Waals surface area contributed by atoms with E-state index in [9.17, 15) is 0 Å². The van der Waals surface area contributed by atoms with Gasteiger partial charge in [-0.3, -0.25) is 0 Å². The molecule has 0 saturated heterocycles. The van der Waals surface area contributed by atoms with Gasteiger partial charge in [-0.15, -0.1) is 0 Å². The summed E-state index contributed by atoms with van der Waals surface area (Å²) in [6, 6.07) is 72.2. The summed E-state index contributed by atoms with van der Waals surface area (Å²) in [6.45, 7) is 0. The summed E-state index contributed by atoms with van der Waals surface area (Å²) >= 11 is 0. The number of nitrogens with zero attached hydrogens (tertiary/aromatic N) is 4. The minimum Gasteiger partial charge on any atom is -0.456 e. The van der Waals surface area contributed by atoms with Gasteiger partial charge in [-0.05, 0) is 75.8 Å². The van der Waals surface area contributed by atoms with Crippen LogP contribution in [0.5, 0.6) is 0 Å². The first kappa shape index (κ1) is 35.7. The van der Waals surface area contributed by atoms with Gasteiger partial charge in [-0.2, -0.15) is 0 Å². The zero-order chi connectivity index (χ0) is 42.6. The fraction of sp³-hybridized carbons (Fsp3) is 0. The summed E-state index contributed by atoms with van der Waals surface area (Å²) in [6.07, 6.45) is 0. The molecule has 4 aromatic heterocycles. The summed E-state index contributed by atoms with van der Waals surface area (Å²) in [4.78, 5) is 16.3. The van der Waals surface area contributed by atoms with Crippen LogP contribution in [0.15, 0.2) is 215 Å². The van der Waals surface area contributed by atoms with Crippen molar-refractivity contribution in [3.05, 3.63) is 206 Å². The van der Waals surface area contributed by atoms with E-state index >= 15 is 0 Å². The molecule has 0 spiro atoms. The number of aromatic nitrogens is 4. The number of rotatable bonds is 5. The van der Waals surface area contributed by atoms with Crippen molar-refractivity contribution >= 4 is 87.2 Å². The normalized spacial score (nSPS) is 12.0. The SMILES string of the molecule is c1ccc(-c2cccc(-c3nc(-c4cc5oc6ccccc6c5cc4-n4c5cc6ccccc6cc5c5ccc6ccccc6c54)nc(-c4cccc5oc6ccccc6c45)n3)c2)cc1. The maximum absolute atomic E-state index is 6.69. The van der Waals surface area contributed by atoms with E-state index in [2.05, 4.69) is 162 Å². The third-order valence-electron chi connectivity index (χ3n) is 13.0. The Bertz CT molecular complexity index is 4250. The van der Waals surface area contributed by atoms with Crippen LogP contribution in [-0.4, -0.2) is 19.5 Å². The van der Waals surface area contributed by atoms with Crippen LogP contribution in [0.3, 0.4) is 0 Å². The highest BCUT2D eigenvalue weighted by atomic mass is 16.3. The van der Waals surface area contributed by atoms with E-state index in [1.54, 1.807) is 0 Å². The molecule has 0 bridgehead atoms. The summed E-state index contributed by atoms with van der Waals surface area (Å²) in [5.41, 5.74) is 11.0. The van der Waals surface area contributed by atoms with E-state index in [1.807, 2.05) is 48.5 Å². The molecule has 65 heavy (non-hydrogen) atoms. The second kappa shape index (κ2) is 13.8. The van der Waals surface area contributed by atoms with Crippen LogP contribution in [0, 0.1) is 0 Å². The second-order valence-electron chi connectivity index (χ2n) is 16.7. The standard InChI is InChI=1S/C59H34N4O2/c1-2-14-35(15-3-1)37-19-12-20-40(30-37)57-60-58(45-24-13-27-53-55(45)44-23-9-11-26-52(44)64-53)62-59(61-57)48-34-54-47(42-22-8-10-25-51(42)65-54)33-50(48)63-49-32-39-18-5-4-17-38(39)31-46(49)43-29-28-36-16-6-7-21-41(36)56(43)63/h1-34H. The Morgan fingerprint density at radius 2 is 0.938 bits per heavy atom. The Balaban J connectivity index is 1.13. The molecule has 0 fully saturated rings. The van der Waals surface area contributed by atoms with Gasteiger partial charge >= 0.3 is 0 Å². The van der Waals surface area contributed by atoms with Gasteiger partial charge in [0.1, 0.15) is 22.3 Å². The van der Waals surface area contributed by atoms with E-state index < -0.39 is 0 Å². The molecule has 0 aliphatic carbocycles. The fourth-order valence-electron chi connectivity index (χ4n) is 10.0. The predicted molar refractivity (Wildman–Crippen MR) is 265 cm³/mol. The molecule has 14 aromatic rings. The molecule has 4 heterocycles. The van der Waals surface area contributed by atoms with Gasteiger partial charge in [0.05, 0.1) is 16.7 Å². The number of benzene rings is 10. The Morgan fingerprint density at radius 3 is 1.78 bits per heavy atom.